The van der Waals surface area contributed by atoms with Gasteiger partial charge in [0.1, 0.15) is 0 Å². The Morgan fingerprint density at radius 3 is 3.00 bits per heavy atom. The summed E-state index contributed by atoms with van der Waals surface area (Å²) >= 11 is 1.74. The van der Waals surface area contributed by atoms with Crippen molar-refractivity contribution in [1.29, 1.82) is 0 Å². The maximum Gasteiger partial charge on any atom is 0.310 e. The number of aliphatic carboxylic acids is 1. The lowest BCUT2D eigenvalue weighted by Gasteiger charge is -2.40. The third kappa shape index (κ3) is 2.53. The largest absolute Gasteiger partial charge is 0.481 e. The molecule has 3 nitrogen and oxygen atoms in total. The molecule has 94 valence electrons. The molecule has 4 heteroatoms. The molecule has 0 spiro atoms. The molecule has 0 bridgehead atoms. The number of likely N-dealkylation sites (tertiary alicyclic amines) is 1. The highest BCUT2D eigenvalue weighted by molar-refractivity contribution is 7.10. The summed E-state index contributed by atoms with van der Waals surface area (Å²) in [4.78, 5) is 14.9. The van der Waals surface area contributed by atoms with Crippen LogP contribution in [-0.2, 0) is 4.79 Å². The van der Waals surface area contributed by atoms with E-state index in [9.17, 15) is 9.90 Å². The predicted octanol–water partition coefficient (Wildman–Crippen LogP) is 3.00. The van der Waals surface area contributed by atoms with Gasteiger partial charge in [0.15, 0.2) is 0 Å². The van der Waals surface area contributed by atoms with Crippen molar-refractivity contribution in [1.82, 2.24) is 4.90 Å². The van der Waals surface area contributed by atoms with Gasteiger partial charge in [0, 0.05) is 17.5 Å². The maximum absolute atomic E-state index is 11.3. The van der Waals surface area contributed by atoms with Gasteiger partial charge in [0.25, 0.3) is 0 Å². The fraction of sp³-hybridized carbons (Fsp3) is 0.615. The second-order valence-corrected chi connectivity index (χ2v) is 6.11. The number of hydrogen-bond acceptors (Lipinski definition) is 3. The minimum atomic E-state index is -0.666. The average molecular weight is 253 g/mol. The summed E-state index contributed by atoms with van der Waals surface area (Å²) in [5.41, 5.74) is -0.580. The second-order valence-electron chi connectivity index (χ2n) is 5.13. The first-order chi connectivity index (χ1) is 8.03. The van der Waals surface area contributed by atoms with Crippen LogP contribution in [0.4, 0.5) is 0 Å². The topological polar surface area (TPSA) is 40.5 Å². The number of carbonyl (C=O) groups is 1. The first kappa shape index (κ1) is 12.6. The van der Waals surface area contributed by atoms with E-state index >= 15 is 0 Å². The van der Waals surface area contributed by atoms with Crippen LogP contribution in [0.3, 0.4) is 0 Å². The zero-order valence-electron chi connectivity index (χ0n) is 10.3. The number of carboxylic acids is 1. The van der Waals surface area contributed by atoms with Gasteiger partial charge >= 0.3 is 5.97 Å². The Hall–Kier alpha value is -0.870. The van der Waals surface area contributed by atoms with E-state index in [1.165, 1.54) is 4.88 Å². The quantitative estimate of drug-likeness (QED) is 0.900. The number of nitrogens with zero attached hydrogens (tertiary/aromatic N) is 1. The number of carboxylic acid groups (broad SMARTS) is 1. The molecule has 0 saturated carbocycles. The van der Waals surface area contributed by atoms with Crippen LogP contribution in [0.15, 0.2) is 17.5 Å². The molecular formula is C13H19NO2S. The van der Waals surface area contributed by atoms with E-state index in [-0.39, 0.29) is 0 Å². The SMILES string of the molecule is CC(c1cccs1)N1CCCC(C)(C(=O)O)C1. The summed E-state index contributed by atoms with van der Waals surface area (Å²) < 4.78 is 0. The normalized spacial score (nSPS) is 27.9. The molecule has 1 N–H and O–H groups in total. The molecule has 2 rings (SSSR count). The van der Waals surface area contributed by atoms with Crippen molar-refractivity contribution < 1.29 is 9.90 Å². The standard InChI is InChI=1S/C13H19NO2S/c1-10(11-5-3-8-17-11)14-7-4-6-13(2,9-14)12(15)16/h3,5,8,10H,4,6-7,9H2,1-2H3,(H,15,16). The fourth-order valence-corrected chi connectivity index (χ4v) is 3.31. The highest BCUT2D eigenvalue weighted by Gasteiger charge is 2.39. The Morgan fingerprint density at radius 1 is 1.65 bits per heavy atom. The van der Waals surface area contributed by atoms with Gasteiger partial charge in [0.2, 0.25) is 0 Å². The molecule has 2 heterocycles. The van der Waals surface area contributed by atoms with Crippen molar-refractivity contribution >= 4 is 17.3 Å². The van der Waals surface area contributed by atoms with Crippen molar-refractivity contribution in [3.63, 3.8) is 0 Å². The van der Waals surface area contributed by atoms with Gasteiger partial charge in [-0.3, -0.25) is 9.69 Å². The van der Waals surface area contributed by atoms with E-state index in [0.29, 0.717) is 12.6 Å². The molecule has 1 aromatic heterocycles. The molecule has 0 radical (unpaired) electrons. The van der Waals surface area contributed by atoms with Gasteiger partial charge in [-0.15, -0.1) is 11.3 Å². The highest BCUT2D eigenvalue weighted by Crippen LogP contribution is 2.35. The molecule has 1 saturated heterocycles. The van der Waals surface area contributed by atoms with Crippen LogP contribution in [0.1, 0.15) is 37.6 Å². The van der Waals surface area contributed by atoms with Gasteiger partial charge in [-0.1, -0.05) is 6.07 Å². The van der Waals surface area contributed by atoms with Crippen molar-refractivity contribution in [2.24, 2.45) is 5.41 Å². The zero-order valence-corrected chi connectivity index (χ0v) is 11.2. The molecule has 1 aromatic rings. The Morgan fingerprint density at radius 2 is 2.41 bits per heavy atom. The Bertz CT molecular complexity index is 390. The first-order valence-corrected chi connectivity index (χ1v) is 6.92. The molecule has 0 amide bonds. The van der Waals surface area contributed by atoms with E-state index in [0.717, 1.165) is 19.4 Å². The number of rotatable bonds is 3. The van der Waals surface area contributed by atoms with Gasteiger partial charge in [0.05, 0.1) is 5.41 Å². The third-order valence-electron chi connectivity index (χ3n) is 3.74. The summed E-state index contributed by atoms with van der Waals surface area (Å²) in [7, 11) is 0. The van der Waals surface area contributed by atoms with Crippen LogP contribution in [0.25, 0.3) is 0 Å². The summed E-state index contributed by atoms with van der Waals surface area (Å²) in [5.74, 6) is -0.666. The monoisotopic (exact) mass is 253 g/mol. The van der Waals surface area contributed by atoms with E-state index in [1.54, 1.807) is 11.3 Å². The highest BCUT2D eigenvalue weighted by atomic mass is 32.1. The van der Waals surface area contributed by atoms with Crippen molar-refractivity contribution in [2.75, 3.05) is 13.1 Å². The van der Waals surface area contributed by atoms with Crippen LogP contribution < -0.4 is 0 Å². The smallest absolute Gasteiger partial charge is 0.310 e. The number of hydrogen-bond donors (Lipinski definition) is 1. The summed E-state index contributed by atoms with van der Waals surface area (Å²) in [5, 5.41) is 11.4. The van der Waals surface area contributed by atoms with E-state index in [1.807, 2.05) is 6.92 Å². The number of thiophene rings is 1. The van der Waals surface area contributed by atoms with E-state index in [4.69, 9.17) is 0 Å². The van der Waals surface area contributed by atoms with Gasteiger partial charge in [-0.25, -0.2) is 0 Å². The van der Waals surface area contributed by atoms with Crippen LogP contribution in [-0.4, -0.2) is 29.1 Å². The minimum absolute atomic E-state index is 0.328. The van der Waals surface area contributed by atoms with Gasteiger partial charge in [-0.2, -0.15) is 0 Å². The van der Waals surface area contributed by atoms with Crippen molar-refractivity contribution in [2.45, 2.75) is 32.7 Å². The van der Waals surface area contributed by atoms with Crippen molar-refractivity contribution in [3.05, 3.63) is 22.4 Å². The maximum atomic E-state index is 11.3. The zero-order chi connectivity index (χ0) is 12.5. The fourth-order valence-electron chi connectivity index (χ4n) is 2.49. The molecule has 2 atom stereocenters. The van der Waals surface area contributed by atoms with Crippen LogP contribution >= 0.6 is 11.3 Å². The van der Waals surface area contributed by atoms with Crippen LogP contribution in [0.5, 0.6) is 0 Å². The van der Waals surface area contributed by atoms with Crippen molar-refractivity contribution in [3.8, 4) is 0 Å². The predicted molar refractivity (Wildman–Crippen MR) is 69.3 cm³/mol. The lowest BCUT2D eigenvalue weighted by Crippen LogP contribution is -2.46. The van der Waals surface area contributed by atoms with Gasteiger partial charge < -0.3 is 5.11 Å². The Labute approximate surface area is 106 Å². The molecule has 0 aliphatic carbocycles. The Kier molecular flexibility index (Phi) is 3.54. The summed E-state index contributed by atoms with van der Waals surface area (Å²) in [6, 6.07) is 4.51. The lowest BCUT2D eigenvalue weighted by atomic mass is 9.81. The molecule has 17 heavy (non-hydrogen) atoms. The molecule has 0 aromatic carbocycles. The number of piperidine rings is 1. The molecular weight excluding hydrogens is 234 g/mol. The molecule has 1 aliphatic rings. The molecule has 1 fully saturated rings. The molecule has 2 unspecified atom stereocenters. The second kappa shape index (κ2) is 4.78. The van der Waals surface area contributed by atoms with Crippen LogP contribution in [0.2, 0.25) is 0 Å². The van der Waals surface area contributed by atoms with Gasteiger partial charge in [-0.05, 0) is 44.7 Å². The van der Waals surface area contributed by atoms with Crippen LogP contribution in [0, 0.1) is 5.41 Å². The minimum Gasteiger partial charge on any atom is -0.481 e. The van der Waals surface area contributed by atoms with E-state index < -0.39 is 11.4 Å². The summed E-state index contributed by atoms with van der Waals surface area (Å²) in [6.45, 7) is 5.69. The Balaban J connectivity index is 2.10. The summed E-state index contributed by atoms with van der Waals surface area (Å²) in [6.07, 6.45) is 1.76. The lowest BCUT2D eigenvalue weighted by molar-refractivity contribution is -0.151. The first-order valence-electron chi connectivity index (χ1n) is 6.04. The average Bonchev–Trinajstić information content (AvgIpc) is 2.81. The third-order valence-corrected chi connectivity index (χ3v) is 4.79. The molecule has 1 aliphatic heterocycles. The van der Waals surface area contributed by atoms with E-state index in [2.05, 4.69) is 29.3 Å².